The van der Waals surface area contributed by atoms with Crippen LogP contribution in [0.4, 0.5) is 0 Å². The lowest BCUT2D eigenvalue weighted by Gasteiger charge is -2.24. The molecule has 0 aromatic carbocycles. The molecule has 0 aliphatic heterocycles. The standard InChI is InChI=1S/C12H17N3/c1-9-8-10(2)15(14-9)12-6-4-11(13-3)5-7-12/h8,11-12H,4-7H2,1-2H3. The topological polar surface area (TPSA) is 22.2 Å². The van der Waals surface area contributed by atoms with Gasteiger partial charge in [0.1, 0.15) is 0 Å². The van der Waals surface area contributed by atoms with E-state index in [-0.39, 0.29) is 6.04 Å². The van der Waals surface area contributed by atoms with Crippen molar-refractivity contribution in [3.63, 3.8) is 0 Å². The number of aromatic nitrogens is 2. The van der Waals surface area contributed by atoms with Crippen LogP contribution in [0.15, 0.2) is 6.07 Å². The van der Waals surface area contributed by atoms with Gasteiger partial charge >= 0.3 is 0 Å². The summed E-state index contributed by atoms with van der Waals surface area (Å²) in [5.74, 6) is 0. The summed E-state index contributed by atoms with van der Waals surface area (Å²) in [6.07, 6.45) is 4.28. The highest BCUT2D eigenvalue weighted by molar-refractivity contribution is 5.08. The van der Waals surface area contributed by atoms with Crippen LogP contribution in [0.5, 0.6) is 0 Å². The summed E-state index contributed by atoms with van der Waals surface area (Å²) in [5, 5.41) is 4.52. The van der Waals surface area contributed by atoms with Gasteiger partial charge in [0.15, 0.2) is 0 Å². The quantitative estimate of drug-likeness (QED) is 0.643. The van der Waals surface area contributed by atoms with Crippen molar-refractivity contribution >= 4 is 0 Å². The molecule has 1 aromatic heterocycles. The van der Waals surface area contributed by atoms with Crippen molar-refractivity contribution in [1.29, 1.82) is 0 Å². The minimum atomic E-state index is 0.262. The van der Waals surface area contributed by atoms with Gasteiger partial charge in [-0.25, -0.2) is 6.57 Å². The second-order valence-electron chi connectivity index (χ2n) is 4.46. The monoisotopic (exact) mass is 203 g/mol. The zero-order chi connectivity index (χ0) is 10.8. The molecule has 0 atom stereocenters. The fraction of sp³-hybridized carbons (Fsp3) is 0.667. The van der Waals surface area contributed by atoms with Crippen molar-refractivity contribution in [3.8, 4) is 0 Å². The van der Waals surface area contributed by atoms with Gasteiger partial charge < -0.3 is 4.85 Å². The molecule has 1 saturated carbocycles. The second-order valence-corrected chi connectivity index (χ2v) is 4.46. The fourth-order valence-electron chi connectivity index (χ4n) is 2.45. The largest absolute Gasteiger partial charge is 0.314 e. The van der Waals surface area contributed by atoms with E-state index in [9.17, 15) is 0 Å². The highest BCUT2D eigenvalue weighted by atomic mass is 15.3. The van der Waals surface area contributed by atoms with Crippen molar-refractivity contribution in [1.82, 2.24) is 9.78 Å². The molecule has 0 amide bonds. The Kier molecular flexibility index (Phi) is 2.77. The van der Waals surface area contributed by atoms with Crippen LogP contribution < -0.4 is 0 Å². The Morgan fingerprint density at radius 2 is 2.00 bits per heavy atom. The lowest BCUT2D eigenvalue weighted by atomic mass is 9.92. The smallest absolute Gasteiger partial charge is 0.223 e. The third-order valence-corrected chi connectivity index (χ3v) is 3.24. The number of hydrogen-bond acceptors (Lipinski definition) is 1. The van der Waals surface area contributed by atoms with E-state index in [1.807, 2.05) is 6.92 Å². The van der Waals surface area contributed by atoms with Crippen molar-refractivity contribution in [3.05, 3.63) is 28.9 Å². The zero-order valence-electron chi connectivity index (χ0n) is 9.40. The molecule has 1 heterocycles. The van der Waals surface area contributed by atoms with Crippen LogP contribution in [-0.4, -0.2) is 15.8 Å². The van der Waals surface area contributed by atoms with Crippen LogP contribution in [0.25, 0.3) is 4.85 Å². The third kappa shape index (κ3) is 2.04. The van der Waals surface area contributed by atoms with Gasteiger partial charge in [0.25, 0.3) is 0 Å². The highest BCUT2D eigenvalue weighted by Gasteiger charge is 2.26. The summed E-state index contributed by atoms with van der Waals surface area (Å²) < 4.78 is 2.15. The summed E-state index contributed by atoms with van der Waals surface area (Å²) in [6, 6.07) is 2.91. The first kappa shape index (κ1) is 10.2. The average Bonchev–Trinajstić information content (AvgIpc) is 2.58. The summed E-state index contributed by atoms with van der Waals surface area (Å²) in [4.78, 5) is 3.62. The molecule has 0 spiro atoms. The first-order valence-electron chi connectivity index (χ1n) is 5.60. The molecule has 0 saturated heterocycles. The SMILES string of the molecule is [C-]#[N+]C1CCC(n2nc(C)cc2C)CC1. The molecule has 2 rings (SSSR count). The molecule has 0 unspecified atom stereocenters. The predicted molar refractivity (Wildman–Crippen MR) is 59.6 cm³/mol. The Balaban J connectivity index is 2.08. The molecule has 1 aliphatic carbocycles. The van der Waals surface area contributed by atoms with Crippen molar-refractivity contribution in [2.45, 2.75) is 51.6 Å². The molecule has 0 bridgehead atoms. The van der Waals surface area contributed by atoms with Crippen molar-refractivity contribution < 1.29 is 0 Å². The molecule has 80 valence electrons. The Bertz CT molecular complexity index is 378. The summed E-state index contributed by atoms with van der Waals surface area (Å²) in [7, 11) is 0. The average molecular weight is 203 g/mol. The van der Waals surface area contributed by atoms with Gasteiger partial charge in [0, 0.05) is 18.5 Å². The maximum atomic E-state index is 7.02. The Morgan fingerprint density at radius 3 is 2.47 bits per heavy atom. The second kappa shape index (κ2) is 4.06. The van der Waals surface area contributed by atoms with Gasteiger partial charge in [-0.2, -0.15) is 5.10 Å². The van der Waals surface area contributed by atoms with E-state index in [2.05, 4.69) is 27.6 Å². The molecule has 1 fully saturated rings. The maximum absolute atomic E-state index is 7.02. The minimum absolute atomic E-state index is 0.262. The minimum Gasteiger partial charge on any atom is -0.314 e. The van der Waals surface area contributed by atoms with Gasteiger partial charge in [-0.3, -0.25) is 4.68 Å². The van der Waals surface area contributed by atoms with Crippen LogP contribution in [-0.2, 0) is 0 Å². The van der Waals surface area contributed by atoms with Gasteiger partial charge in [0.2, 0.25) is 6.04 Å². The molecule has 0 radical (unpaired) electrons. The number of nitrogens with zero attached hydrogens (tertiary/aromatic N) is 3. The van der Waals surface area contributed by atoms with Crippen molar-refractivity contribution in [2.75, 3.05) is 0 Å². The van der Waals surface area contributed by atoms with E-state index in [1.54, 1.807) is 0 Å². The van der Waals surface area contributed by atoms with Crippen LogP contribution in [0.1, 0.15) is 43.1 Å². The summed E-state index contributed by atoms with van der Waals surface area (Å²) in [5.41, 5.74) is 2.35. The molecule has 1 aliphatic rings. The summed E-state index contributed by atoms with van der Waals surface area (Å²) >= 11 is 0. The van der Waals surface area contributed by atoms with Crippen LogP contribution in [0.2, 0.25) is 0 Å². The van der Waals surface area contributed by atoms with E-state index >= 15 is 0 Å². The van der Waals surface area contributed by atoms with E-state index in [1.165, 1.54) is 5.69 Å². The normalized spacial score (nSPS) is 26.2. The fourth-order valence-corrected chi connectivity index (χ4v) is 2.45. The van der Waals surface area contributed by atoms with E-state index in [4.69, 9.17) is 6.57 Å². The first-order valence-corrected chi connectivity index (χ1v) is 5.60. The molecular weight excluding hydrogens is 186 g/mol. The molecule has 3 nitrogen and oxygen atoms in total. The van der Waals surface area contributed by atoms with Gasteiger partial charge in [-0.15, -0.1) is 0 Å². The first-order chi connectivity index (χ1) is 7.20. The van der Waals surface area contributed by atoms with Gasteiger partial charge in [-0.05, 0) is 32.8 Å². The van der Waals surface area contributed by atoms with Gasteiger partial charge in [0.05, 0.1) is 11.7 Å². The van der Waals surface area contributed by atoms with Gasteiger partial charge in [-0.1, -0.05) is 0 Å². The Morgan fingerprint density at radius 1 is 1.33 bits per heavy atom. The van der Waals surface area contributed by atoms with E-state index in [0.717, 1.165) is 31.4 Å². The van der Waals surface area contributed by atoms with E-state index in [0.29, 0.717) is 6.04 Å². The lowest BCUT2D eigenvalue weighted by Crippen LogP contribution is -2.21. The van der Waals surface area contributed by atoms with E-state index < -0.39 is 0 Å². The third-order valence-electron chi connectivity index (χ3n) is 3.24. The molecule has 15 heavy (non-hydrogen) atoms. The maximum Gasteiger partial charge on any atom is 0.223 e. The highest BCUT2D eigenvalue weighted by Crippen LogP contribution is 2.30. The predicted octanol–water partition coefficient (Wildman–Crippen LogP) is 2.90. The Hall–Kier alpha value is -1.30. The number of aryl methyl sites for hydroxylation is 2. The molecule has 3 heteroatoms. The molecule has 0 N–H and O–H groups in total. The molecular formula is C12H17N3. The number of hydrogen-bond donors (Lipinski definition) is 0. The Labute approximate surface area is 90.9 Å². The van der Waals surface area contributed by atoms with Crippen molar-refractivity contribution in [2.24, 2.45) is 0 Å². The van der Waals surface area contributed by atoms with Crippen LogP contribution in [0.3, 0.4) is 0 Å². The molecule has 1 aromatic rings. The van der Waals surface area contributed by atoms with Crippen LogP contribution in [0, 0.1) is 20.4 Å². The summed E-state index contributed by atoms with van der Waals surface area (Å²) in [6.45, 7) is 11.2. The zero-order valence-corrected chi connectivity index (χ0v) is 9.40. The lowest BCUT2D eigenvalue weighted by molar-refractivity contribution is 0.315. The van der Waals surface area contributed by atoms with Crippen LogP contribution >= 0.6 is 0 Å². The number of rotatable bonds is 1.